The lowest BCUT2D eigenvalue weighted by Crippen LogP contribution is -2.27. The van der Waals surface area contributed by atoms with Gasteiger partial charge in [0.15, 0.2) is 0 Å². The van der Waals surface area contributed by atoms with Crippen LogP contribution in [-0.2, 0) is 17.7 Å². The minimum absolute atomic E-state index is 0.216. The lowest BCUT2D eigenvalue weighted by atomic mass is 10.1. The normalized spacial score (nSPS) is 12.1. The molecule has 1 atom stereocenters. The Morgan fingerprint density at radius 1 is 1.33 bits per heavy atom. The molecule has 0 spiro atoms. The number of nitrogens with one attached hydrogen (secondary N) is 1. The molecule has 0 aliphatic rings. The summed E-state index contributed by atoms with van der Waals surface area (Å²) in [5, 5.41) is 4.12. The van der Waals surface area contributed by atoms with Crippen molar-refractivity contribution in [3.05, 3.63) is 58.5 Å². The van der Waals surface area contributed by atoms with Crippen molar-refractivity contribution in [2.75, 3.05) is 7.11 Å². The number of furan rings is 1. The Kier molecular flexibility index (Phi) is 5.42. The third-order valence-corrected chi connectivity index (χ3v) is 3.53. The second kappa shape index (κ2) is 7.29. The third-order valence-electron chi connectivity index (χ3n) is 3.16. The van der Waals surface area contributed by atoms with Crippen LogP contribution in [0.25, 0.3) is 0 Å². The topological polar surface area (TPSA) is 51.5 Å². The molecule has 0 amide bonds. The number of carbonyl (C=O) groups excluding carboxylic acids is 1. The highest BCUT2D eigenvalue weighted by Gasteiger charge is 2.12. The van der Waals surface area contributed by atoms with E-state index in [1.54, 1.807) is 12.1 Å². The van der Waals surface area contributed by atoms with E-state index in [2.05, 4.69) is 17.0 Å². The van der Waals surface area contributed by atoms with Crippen molar-refractivity contribution in [3.8, 4) is 0 Å². The van der Waals surface area contributed by atoms with Gasteiger partial charge in [-0.15, -0.1) is 0 Å². The number of halogens is 1. The van der Waals surface area contributed by atoms with Gasteiger partial charge in [0.2, 0.25) is 5.76 Å². The van der Waals surface area contributed by atoms with Crippen LogP contribution in [0.15, 0.2) is 40.8 Å². The van der Waals surface area contributed by atoms with Crippen LogP contribution in [0, 0.1) is 0 Å². The molecule has 1 heterocycles. The monoisotopic (exact) mass is 307 g/mol. The average molecular weight is 308 g/mol. The van der Waals surface area contributed by atoms with E-state index in [4.69, 9.17) is 16.0 Å². The van der Waals surface area contributed by atoms with E-state index in [-0.39, 0.29) is 11.8 Å². The summed E-state index contributed by atoms with van der Waals surface area (Å²) < 4.78 is 10.00. The minimum atomic E-state index is -0.467. The molecular formula is C16H18ClNO3. The standard InChI is InChI=1S/C16H18ClNO3/c1-11(9-12-5-3-4-6-14(12)17)18-10-13-7-8-15(21-13)16(19)20-2/h3-8,11,18H,9-10H2,1-2H3. The van der Waals surface area contributed by atoms with Gasteiger partial charge in [-0.25, -0.2) is 4.79 Å². The SMILES string of the molecule is COC(=O)c1ccc(CNC(C)Cc2ccccc2Cl)o1. The maximum atomic E-state index is 11.3. The second-order valence-electron chi connectivity index (χ2n) is 4.84. The Morgan fingerprint density at radius 2 is 2.10 bits per heavy atom. The quantitative estimate of drug-likeness (QED) is 0.831. The molecule has 2 aromatic rings. The van der Waals surface area contributed by atoms with E-state index in [1.807, 2.05) is 24.3 Å². The van der Waals surface area contributed by atoms with Gasteiger partial charge in [0, 0.05) is 11.1 Å². The van der Waals surface area contributed by atoms with Crippen molar-refractivity contribution < 1.29 is 13.9 Å². The highest BCUT2D eigenvalue weighted by Crippen LogP contribution is 2.17. The Bertz CT molecular complexity index is 609. The average Bonchev–Trinajstić information content (AvgIpc) is 2.96. The molecule has 112 valence electrons. The molecule has 21 heavy (non-hydrogen) atoms. The summed E-state index contributed by atoms with van der Waals surface area (Å²) >= 11 is 6.14. The van der Waals surface area contributed by atoms with Crippen LogP contribution in [-0.4, -0.2) is 19.1 Å². The summed E-state index contributed by atoms with van der Waals surface area (Å²) in [5.74, 6) is 0.444. The first-order valence-corrected chi connectivity index (χ1v) is 7.11. The van der Waals surface area contributed by atoms with Gasteiger partial charge in [-0.3, -0.25) is 0 Å². The number of carbonyl (C=O) groups is 1. The van der Waals surface area contributed by atoms with Crippen LogP contribution in [0.5, 0.6) is 0 Å². The molecule has 0 aliphatic carbocycles. The molecule has 0 radical (unpaired) electrons. The summed E-state index contributed by atoms with van der Waals surface area (Å²) in [6, 6.07) is 11.4. The Hall–Kier alpha value is -1.78. The Balaban J connectivity index is 1.86. The Morgan fingerprint density at radius 3 is 2.81 bits per heavy atom. The van der Waals surface area contributed by atoms with Crippen LogP contribution in [0.4, 0.5) is 0 Å². The molecule has 1 unspecified atom stereocenters. The molecular weight excluding hydrogens is 290 g/mol. The van der Waals surface area contributed by atoms with Gasteiger partial charge >= 0.3 is 5.97 Å². The highest BCUT2D eigenvalue weighted by atomic mass is 35.5. The lowest BCUT2D eigenvalue weighted by Gasteiger charge is -2.13. The molecule has 1 aromatic heterocycles. The lowest BCUT2D eigenvalue weighted by molar-refractivity contribution is 0.0563. The molecule has 2 rings (SSSR count). The molecule has 0 fully saturated rings. The fourth-order valence-corrected chi connectivity index (χ4v) is 2.24. The number of rotatable bonds is 6. The van der Waals surface area contributed by atoms with E-state index in [0.717, 1.165) is 17.0 Å². The van der Waals surface area contributed by atoms with Gasteiger partial charge < -0.3 is 14.5 Å². The predicted octanol–water partition coefficient (Wildman–Crippen LogP) is 3.44. The molecule has 5 heteroatoms. The van der Waals surface area contributed by atoms with E-state index < -0.39 is 5.97 Å². The maximum Gasteiger partial charge on any atom is 0.373 e. The summed E-state index contributed by atoms with van der Waals surface area (Å²) in [7, 11) is 1.33. The fraction of sp³-hybridized carbons (Fsp3) is 0.312. The number of hydrogen-bond donors (Lipinski definition) is 1. The van der Waals surface area contributed by atoms with Gasteiger partial charge in [0.25, 0.3) is 0 Å². The van der Waals surface area contributed by atoms with Crippen LogP contribution >= 0.6 is 11.6 Å². The molecule has 1 N–H and O–H groups in total. The molecule has 0 bridgehead atoms. The summed E-state index contributed by atoms with van der Waals surface area (Å²) in [4.78, 5) is 11.3. The van der Waals surface area contributed by atoms with Crippen LogP contribution in [0.2, 0.25) is 5.02 Å². The third kappa shape index (κ3) is 4.34. The number of esters is 1. The minimum Gasteiger partial charge on any atom is -0.463 e. The number of hydrogen-bond acceptors (Lipinski definition) is 4. The van der Waals surface area contributed by atoms with E-state index in [9.17, 15) is 4.79 Å². The van der Waals surface area contributed by atoms with Crippen LogP contribution in [0.1, 0.15) is 28.8 Å². The van der Waals surface area contributed by atoms with Gasteiger partial charge in [-0.05, 0) is 37.1 Å². The number of methoxy groups -OCH3 is 1. The molecule has 4 nitrogen and oxygen atoms in total. The second-order valence-corrected chi connectivity index (χ2v) is 5.24. The van der Waals surface area contributed by atoms with E-state index in [1.165, 1.54) is 7.11 Å². The smallest absolute Gasteiger partial charge is 0.373 e. The zero-order valence-electron chi connectivity index (χ0n) is 12.1. The van der Waals surface area contributed by atoms with E-state index in [0.29, 0.717) is 12.3 Å². The summed E-state index contributed by atoms with van der Waals surface area (Å²) in [6.45, 7) is 2.62. The van der Waals surface area contributed by atoms with Crippen molar-refractivity contribution in [2.45, 2.75) is 25.9 Å². The fourth-order valence-electron chi connectivity index (χ4n) is 2.02. The van der Waals surface area contributed by atoms with Gasteiger partial charge in [-0.1, -0.05) is 29.8 Å². The maximum absolute atomic E-state index is 11.3. The van der Waals surface area contributed by atoms with E-state index >= 15 is 0 Å². The van der Waals surface area contributed by atoms with Gasteiger partial charge in [0.05, 0.1) is 13.7 Å². The van der Waals surface area contributed by atoms with Crippen molar-refractivity contribution in [1.82, 2.24) is 5.32 Å². The molecule has 0 saturated heterocycles. The molecule has 1 aromatic carbocycles. The predicted molar refractivity (Wildman–Crippen MR) is 81.5 cm³/mol. The van der Waals surface area contributed by atoms with Crippen LogP contribution < -0.4 is 5.32 Å². The number of ether oxygens (including phenoxy) is 1. The first-order valence-electron chi connectivity index (χ1n) is 6.74. The van der Waals surface area contributed by atoms with Crippen molar-refractivity contribution in [2.24, 2.45) is 0 Å². The molecule has 0 aliphatic heterocycles. The van der Waals surface area contributed by atoms with Crippen LogP contribution in [0.3, 0.4) is 0 Å². The highest BCUT2D eigenvalue weighted by molar-refractivity contribution is 6.31. The van der Waals surface area contributed by atoms with Gasteiger partial charge in [0.1, 0.15) is 5.76 Å². The summed E-state index contributed by atoms with van der Waals surface area (Å²) in [5.41, 5.74) is 1.11. The van der Waals surface area contributed by atoms with Crippen molar-refractivity contribution in [1.29, 1.82) is 0 Å². The largest absolute Gasteiger partial charge is 0.463 e. The first kappa shape index (κ1) is 15.6. The first-order chi connectivity index (χ1) is 10.1. The molecule has 0 saturated carbocycles. The zero-order valence-corrected chi connectivity index (χ0v) is 12.8. The summed E-state index contributed by atoms with van der Waals surface area (Å²) in [6.07, 6.45) is 0.824. The van der Waals surface area contributed by atoms with Crippen molar-refractivity contribution in [3.63, 3.8) is 0 Å². The van der Waals surface area contributed by atoms with Gasteiger partial charge in [-0.2, -0.15) is 0 Å². The Labute approximate surface area is 129 Å². The zero-order chi connectivity index (χ0) is 15.2. The van der Waals surface area contributed by atoms with Crippen molar-refractivity contribution >= 4 is 17.6 Å². The number of benzene rings is 1.